The molecule has 5 nitrogen and oxygen atoms in total. The molecule has 2 heterocycles. The van der Waals surface area contributed by atoms with Crippen molar-refractivity contribution in [3.8, 4) is 0 Å². The fourth-order valence-corrected chi connectivity index (χ4v) is 3.56. The average molecular weight is 344 g/mol. The van der Waals surface area contributed by atoms with Gasteiger partial charge in [-0.25, -0.2) is 4.98 Å². The van der Waals surface area contributed by atoms with Crippen molar-refractivity contribution in [2.45, 2.75) is 25.8 Å². The molecule has 0 saturated carbocycles. The topological polar surface area (TPSA) is 48.5 Å². The molecule has 0 atom stereocenters. The Labute approximate surface area is 147 Å². The second-order valence-electron chi connectivity index (χ2n) is 6.38. The zero-order chi connectivity index (χ0) is 16.9. The fourth-order valence-electron chi connectivity index (χ4n) is 2.86. The van der Waals surface area contributed by atoms with Gasteiger partial charge in [-0.15, -0.1) is 11.3 Å². The number of hydrogen-bond donors (Lipinski definition) is 1. The SMILES string of the molecule is CN(C)c1ccc(C(=O)Nc2nc(CN3CCCCC3)cs2)cc1. The number of benzene rings is 1. The highest BCUT2D eigenvalue weighted by atomic mass is 32.1. The Kier molecular flexibility index (Phi) is 5.48. The summed E-state index contributed by atoms with van der Waals surface area (Å²) in [5.74, 6) is -0.112. The van der Waals surface area contributed by atoms with Crippen molar-refractivity contribution in [3.63, 3.8) is 0 Å². The number of anilines is 2. The standard InChI is InChI=1S/C18H24N4OS/c1-21(2)16-8-6-14(7-9-16)17(23)20-18-19-15(13-24-18)12-22-10-4-3-5-11-22/h6-9,13H,3-5,10-12H2,1-2H3,(H,19,20,23). The molecule has 1 fully saturated rings. The first-order chi connectivity index (χ1) is 11.6. The molecular formula is C18H24N4OS. The first-order valence-electron chi connectivity index (χ1n) is 8.37. The predicted octanol–water partition coefficient (Wildman–Crippen LogP) is 3.45. The molecule has 1 N–H and O–H groups in total. The average Bonchev–Trinajstić information content (AvgIpc) is 3.02. The van der Waals surface area contributed by atoms with Crippen molar-refractivity contribution in [2.24, 2.45) is 0 Å². The Morgan fingerprint density at radius 2 is 1.92 bits per heavy atom. The van der Waals surface area contributed by atoms with E-state index in [0.717, 1.165) is 31.0 Å². The lowest BCUT2D eigenvalue weighted by Crippen LogP contribution is -2.29. The molecule has 0 aliphatic carbocycles. The quantitative estimate of drug-likeness (QED) is 0.902. The Hall–Kier alpha value is -1.92. The number of carbonyl (C=O) groups excluding carboxylic acids is 1. The largest absolute Gasteiger partial charge is 0.378 e. The third kappa shape index (κ3) is 4.33. The second kappa shape index (κ2) is 7.77. The van der Waals surface area contributed by atoms with Crippen LogP contribution in [0, 0.1) is 0 Å². The summed E-state index contributed by atoms with van der Waals surface area (Å²) in [5.41, 5.74) is 2.76. The Balaban J connectivity index is 1.58. The van der Waals surface area contributed by atoms with Crippen molar-refractivity contribution >= 4 is 28.1 Å². The van der Waals surface area contributed by atoms with Crippen LogP contribution < -0.4 is 10.2 Å². The van der Waals surface area contributed by atoms with Crippen LogP contribution in [0.5, 0.6) is 0 Å². The number of nitrogens with zero attached hydrogens (tertiary/aromatic N) is 3. The van der Waals surface area contributed by atoms with Crippen LogP contribution in [0.15, 0.2) is 29.6 Å². The normalized spacial score (nSPS) is 15.2. The summed E-state index contributed by atoms with van der Waals surface area (Å²) in [4.78, 5) is 21.3. The number of carbonyl (C=O) groups is 1. The first kappa shape index (κ1) is 16.9. The summed E-state index contributed by atoms with van der Waals surface area (Å²) in [6.07, 6.45) is 3.88. The minimum Gasteiger partial charge on any atom is -0.378 e. The maximum absolute atomic E-state index is 12.3. The van der Waals surface area contributed by atoms with Crippen LogP contribution in [-0.4, -0.2) is 43.0 Å². The summed E-state index contributed by atoms with van der Waals surface area (Å²) in [7, 11) is 3.96. The molecular weight excluding hydrogens is 320 g/mol. The Morgan fingerprint density at radius 1 is 1.21 bits per heavy atom. The minimum atomic E-state index is -0.112. The lowest BCUT2D eigenvalue weighted by Gasteiger charge is -2.25. The van der Waals surface area contributed by atoms with Crippen LogP contribution >= 0.6 is 11.3 Å². The van der Waals surface area contributed by atoms with E-state index in [4.69, 9.17) is 0 Å². The summed E-state index contributed by atoms with van der Waals surface area (Å²) in [6, 6.07) is 7.57. The number of amides is 1. The van der Waals surface area contributed by atoms with E-state index in [1.165, 1.54) is 30.6 Å². The van der Waals surface area contributed by atoms with E-state index >= 15 is 0 Å². The lowest BCUT2D eigenvalue weighted by atomic mass is 10.1. The number of thiazole rings is 1. The van der Waals surface area contributed by atoms with Crippen LogP contribution in [0.3, 0.4) is 0 Å². The van der Waals surface area contributed by atoms with Gasteiger partial charge >= 0.3 is 0 Å². The van der Waals surface area contributed by atoms with Gasteiger partial charge in [0.1, 0.15) is 0 Å². The molecule has 24 heavy (non-hydrogen) atoms. The molecule has 0 bridgehead atoms. The van der Waals surface area contributed by atoms with Gasteiger partial charge in [-0.2, -0.15) is 0 Å². The molecule has 128 valence electrons. The molecule has 0 radical (unpaired) electrons. The molecule has 0 unspecified atom stereocenters. The van der Waals surface area contributed by atoms with Gasteiger partial charge in [0.15, 0.2) is 5.13 Å². The Bertz CT molecular complexity index is 675. The number of nitrogens with one attached hydrogen (secondary N) is 1. The van der Waals surface area contributed by atoms with Crippen LogP contribution in [0.1, 0.15) is 35.3 Å². The van der Waals surface area contributed by atoms with Gasteiger partial charge in [0, 0.05) is 37.3 Å². The van der Waals surface area contributed by atoms with Crippen molar-refractivity contribution in [1.29, 1.82) is 0 Å². The maximum atomic E-state index is 12.3. The predicted molar refractivity (Wildman–Crippen MR) is 100.0 cm³/mol. The zero-order valence-electron chi connectivity index (χ0n) is 14.3. The number of piperidine rings is 1. The van der Waals surface area contributed by atoms with E-state index in [9.17, 15) is 4.79 Å². The van der Waals surface area contributed by atoms with Crippen LogP contribution in [-0.2, 0) is 6.54 Å². The molecule has 1 aromatic heterocycles. The van der Waals surface area contributed by atoms with Gasteiger partial charge in [-0.1, -0.05) is 6.42 Å². The molecule has 6 heteroatoms. The van der Waals surface area contributed by atoms with Crippen molar-refractivity contribution < 1.29 is 4.79 Å². The number of hydrogen-bond acceptors (Lipinski definition) is 5. The molecule has 3 rings (SSSR count). The van der Waals surface area contributed by atoms with E-state index in [0.29, 0.717) is 10.7 Å². The van der Waals surface area contributed by atoms with E-state index in [2.05, 4.69) is 15.2 Å². The molecule has 1 saturated heterocycles. The molecule has 1 aromatic carbocycles. The number of likely N-dealkylation sites (tertiary alicyclic amines) is 1. The molecule has 1 amide bonds. The van der Waals surface area contributed by atoms with Crippen LogP contribution in [0.4, 0.5) is 10.8 Å². The molecule has 2 aromatic rings. The monoisotopic (exact) mass is 344 g/mol. The second-order valence-corrected chi connectivity index (χ2v) is 7.23. The van der Waals surface area contributed by atoms with Gasteiger partial charge in [0.2, 0.25) is 0 Å². The summed E-state index contributed by atoms with van der Waals surface area (Å²) < 4.78 is 0. The van der Waals surface area contributed by atoms with E-state index < -0.39 is 0 Å². The number of aromatic nitrogens is 1. The number of rotatable bonds is 5. The van der Waals surface area contributed by atoms with Crippen LogP contribution in [0.25, 0.3) is 0 Å². The van der Waals surface area contributed by atoms with Crippen molar-refractivity contribution in [2.75, 3.05) is 37.4 Å². The lowest BCUT2D eigenvalue weighted by molar-refractivity contribution is 0.102. The van der Waals surface area contributed by atoms with Gasteiger partial charge in [0.25, 0.3) is 5.91 Å². The minimum absolute atomic E-state index is 0.112. The smallest absolute Gasteiger partial charge is 0.257 e. The summed E-state index contributed by atoms with van der Waals surface area (Å²) in [5, 5.41) is 5.61. The molecule has 0 spiro atoms. The molecule has 1 aliphatic heterocycles. The highest BCUT2D eigenvalue weighted by Gasteiger charge is 2.13. The Morgan fingerprint density at radius 3 is 2.58 bits per heavy atom. The van der Waals surface area contributed by atoms with Gasteiger partial charge in [0.05, 0.1) is 5.69 Å². The van der Waals surface area contributed by atoms with E-state index in [1.807, 2.05) is 48.6 Å². The summed E-state index contributed by atoms with van der Waals surface area (Å²) >= 11 is 1.49. The fraction of sp³-hybridized carbons (Fsp3) is 0.444. The van der Waals surface area contributed by atoms with Crippen molar-refractivity contribution in [1.82, 2.24) is 9.88 Å². The van der Waals surface area contributed by atoms with E-state index in [1.54, 1.807) is 0 Å². The maximum Gasteiger partial charge on any atom is 0.257 e. The zero-order valence-corrected chi connectivity index (χ0v) is 15.1. The highest BCUT2D eigenvalue weighted by molar-refractivity contribution is 7.13. The third-order valence-electron chi connectivity index (χ3n) is 4.25. The first-order valence-corrected chi connectivity index (χ1v) is 9.25. The molecule has 1 aliphatic rings. The van der Waals surface area contributed by atoms with Gasteiger partial charge < -0.3 is 4.90 Å². The van der Waals surface area contributed by atoms with E-state index in [-0.39, 0.29) is 5.91 Å². The van der Waals surface area contributed by atoms with Crippen molar-refractivity contribution in [3.05, 3.63) is 40.9 Å². The van der Waals surface area contributed by atoms with Gasteiger partial charge in [-0.3, -0.25) is 15.0 Å². The van der Waals surface area contributed by atoms with Crippen LogP contribution in [0.2, 0.25) is 0 Å². The van der Waals surface area contributed by atoms with Gasteiger partial charge in [-0.05, 0) is 50.2 Å². The summed E-state index contributed by atoms with van der Waals surface area (Å²) in [6.45, 7) is 3.18. The third-order valence-corrected chi connectivity index (χ3v) is 5.06. The highest BCUT2D eigenvalue weighted by Crippen LogP contribution is 2.20.